The first-order chi connectivity index (χ1) is 16.9. The summed E-state index contributed by atoms with van der Waals surface area (Å²) in [6.07, 6.45) is 2.72. The first kappa shape index (κ1) is 29.7. The van der Waals surface area contributed by atoms with Gasteiger partial charge >= 0.3 is 0 Å². The second kappa shape index (κ2) is 13.2. The molecule has 0 aromatic heterocycles. The molecule has 0 saturated carbocycles. The standard InChI is InChI=1S/C25H33Cl2N3O5S/c1-6-7-12-28-25(32)18(3)29(15-19-9-10-20(26)21(27)14-19)24(31)16-30(36(5,33)34)22-13-17(2)8-11-23(22)35-4/h8-11,13-14,18H,6-7,12,15-16H2,1-5H3,(H,28,32)/t18-/m0/s1. The van der Waals surface area contributed by atoms with Crippen LogP contribution in [0.4, 0.5) is 5.69 Å². The van der Waals surface area contributed by atoms with E-state index >= 15 is 0 Å². The highest BCUT2D eigenvalue weighted by Gasteiger charge is 2.31. The molecule has 11 heteroatoms. The molecule has 36 heavy (non-hydrogen) atoms. The van der Waals surface area contributed by atoms with E-state index in [2.05, 4.69) is 5.32 Å². The lowest BCUT2D eigenvalue weighted by atomic mass is 10.1. The fraction of sp³-hybridized carbons (Fsp3) is 0.440. The van der Waals surface area contributed by atoms with Crippen LogP contribution in [-0.4, -0.2) is 57.6 Å². The van der Waals surface area contributed by atoms with Crippen molar-refractivity contribution in [2.75, 3.05) is 30.8 Å². The number of aryl methyl sites for hydroxylation is 1. The highest BCUT2D eigenvalue weighted by Crippen LogP contribution is 2.31. The van der Waals surface area contributed by atoms with Crippen LogP contribution in [0, 0.1) is 6.92 Å². The Hall–Kier alpha value is -2.49. The van der Waals surface area contributed by atoms with Crippen LogP contribution in [-0.2, 0) is 26.2 Å². The third-order valence-electron chi connectivity index (χ3n) is 5.62. The maximum absolute atomic E-state index is 13.6. The molecule has 198 valence electrons. The first-order valence-electron chi connectivity index (χ1n) is 11.5. The van der Waals surface area contributed by atoms with E-state index < -0.39 is 28.5 Å². The van der Waals surface area contributed by atoms with E-state index in [9.17, 15) is 18.0 Å². The van der Waals surface area contributed by atoms with Crippen molar-refractivity contribution in [3.8, 4) is 5.75 Å². The lowest BCUT2D eigenvalue weighted by Gasteiger charge is -2.32. The number of hydrogen-bond donors (Lipinski definition) is 1. The second-order valence-corrected chi connectivity index (χ2v) is 11.3. The average Bonchev–Trinajstić information content (AvgIpc) is 2.81. The molecule has 1 atom stereocenters. The number of halogens is 2. The van der Waals surface area contributed by atoms with Gasteiger partial charge in [-0.25, -0.2) is 8.42 Å². The fourth-order valence-corrected chi connectivity index (χ4v) is 4.71. The molecule has 8 nitrogen and oxygen atoms in total. The SMILES string of the molecule is CCCCNC(=O)[C@H](C)N(Cc1ccc(Cl)c(Cl)c1)C(=O)CN(c1cc(C)ccc1OC)S(C)(=O)=O. The number of ether oxygens (including phenoxy) is 1. The van der Waals surface area contributed by atoms with Crippen LogP contribution < -0.4 is 14.4 Å². The van der Waals surface area contributed by atoms with Gasteiger partial charge in [0.25, 0.3) is 0 Å². The lowest BCUT2D eigenvalue weighted by molar-refractivity contribution is -0.139. The Kier molecular flexibility index (Phi) is 10.9. The summed E-state index contributed by atoms with van der Waals surface area (Å²) in [7, 11) is -2.45. The summed E-state index contributed by atoms with van der Waals surface area (Å²) in [5.41, 5.74) is 1.68. The molecular weight excluding hydrogens is 525 g/mol. The van der Waals surface area contributed by atoms with Gasteiger partial charge < -0.3 is 15.0 Å². The third-order valence-corrected chi connectivity index (χ3v) is 7.48. The van der Waals surface area contributed by atoms with Crippen molar-refractivity contribution in [3.05, 3.63) is 57.6 Å². The molecule has 0 spiro atoms. The first-order valence-corrected chi connectivity index (χ1v) is 14.1. The number of anilines is 1. The Morgan fingerprint density at radius 1 is 1.11 bits per heavy atom. The minimum atomic E-state index is -3.88. The number of carbonyl (C=O) groups is 2. The number of nitrogens with zero attached hydrogens (tertiary/aromatic N) is 2. The Morgan fingerprint density at radius 2 is 1.81 bits per heavy atom. The number of unbranched alkanes of at least 4 members (excludes halogenated alkanes) is 1. The quantitative estimate of drug-likeness (QED) is 0.390. The van der Waals surface area contributed by atoms with E-state index in [1.165, 1.54) is 12.0 Å². The predicted octanol–water partition coefficient (Wildman–Crippen LogP) is 4.41. The zero-order valence-corrected chi connectivity index (χ0v) is 23.5. The molecule has 2 rings (SSSR count). The van der Waals surface area contributed by atoms with Crippen molar-refractivity contribution in [1.29, 1.82) is 0 Å². The van der Waals surface area contributed by atoms with Crippen LogP contribution in [0.5, 0.6) is 5.75 Å². The van der Waals surface area contributed by atoms with E-state index in [0.29, 0.717) is 27.9 Å². The molecule has 0 fully saturated rings. The highest BCUT2D eigenvalue weighted by molar-refractivity contribution is 7.92. The topological polar surface area (TPSA) is 96.0 Å². The van der Waals surface area contributed by atoms with E-state index in [1.807, 2.05) is 13.8 Å². The van der Waals surface area contributed by atoms with Crippen LogP contribution in [0.15, 0.2) is 36.4 Å². The van der Waals surface area contributed by atoms with Gasteiger partial charge in [0.05, 0.1) is 29.1 Å². The summed E-state index contributed by atoms with van der Waals surface area (Å²) in [6.45, 7) is 5.41. The van der Waals surface area contributed by atoms with E-state index in [1.54, 1.807) is 43.3 Å². The van der Waals surface area contributed by atoms with Crippen LogP contribution in [0.3, 0.4) is 0 Å². The smallest absolute Gasteiger partial charge is 0.244 e. The molecule has 0 bridgehead atoms. The van der Waals surface area contributed by atoms with Gasteiger partial charge in [-0.1, -0.05) is 48.7 Å². The summed E-state index contributed by atoms with van der Waals surface area (Å²) in [6, 6.07) is 9.11. The summed E-state index contributed by atoms with van der Waals surface area (Å²) >= 11 is 12.2. The van der Waals surface area contributed by atoms with Gasteiger partial charge in [-0.3, -0.25) is 13.9 Å². The number of sulfonamides is 1. The third kappa shape index (κ3) is 8.01. The van der Waals surface area contributed by atoms with Crippen LogP contribution in [0.25, 0.3) is 0 Å². The zero-order valence-electron chi connectivity index (χ0n) is 21.2. The Bertz CT molecular complexity index is 1190. The van der Waals surface area contributed by atoms with E-state index in [-0.39, 0.29) is 18.1 Å². The molecule has 0 radical (unpaired) electrons. The predicted molar refractivity (Wildman–Crippen MR) is 144 cm³/mol. The largest absolute Gasteiger partial charge is 0.495 e. The van der Waals surface area contributed by atoms with Gasteiger partial charge in [0.1, 0.15) is 18.3 Å². The van der Waals surface area contributed by atoms with Crippen molar-refractivity contribution in [3.63, 3.8) is 0 Å². The Morgan fingerprint density at radius 3 is 2.39 bits per heavy atom. The van der Waals surface area contributed by atoms with E-state index in [4.69, 9.17) is 27.9 Å². The monoisotopic (exact) mass is 557 g/mol. The molecule has 2 amide bonds. The minimum Gasteiger partial charge on any atom is -0.495 e. The zero-order chi connectivity index (χ0) is 27.0. The highest BCUT2D eigenvalue weighted by atomic mass is 35.5. The molecular formula is C25H33Cl2N3O5S. The van der Waals surface area contributed by atoms with Crippen molar-refractivity contribution < 1.29 is 22.7 Å². The van der Waals surface area contributed by atoms with Crippen LogP contribution in [0.2, 0.25) is 10.0 Å². The second-order valence-electron chi connectivity index (χ2n) is 8.54. The minimum absolute atomic E-state index is 0.0284. The number of carbonyl (C=O) groups excluding carboxylic acids is 2. The molecule has 2 aromatic rings. The van der Waals surface area contributed by atoms with Crippen molar-refractivity contribution >= 4 is 50.7 Å². The van der Waals surface area contributed by atoms with Crippen molar-refractivity contribution in [1.82, 2.24) is 10.2 Å². The van der Waals surface area contributed by atoms with Gasteiger partial charge in [-0.15, -0.1) is 0 Å². The Balaban J connectivity index is 2.44. The van der Waals surface area contributed by atoms with Gasteiger partial charge in [0.2, 0.25) is 21.8 Å². The summed E-state index contributed by atoms with van der Waals surface area (Å²) in [5.74, 6) is -0.593. The number of methoxy groups -OCH3 is 1. The van der Waals surface area contributed by atoms with Gasteiger partial charge in [-0.2, -0.15) is 0 Å². The number of rotatable bonds is 12. The molecule has 0 heterocycles. The number of hydrogen-bond acceptors (Lipinski definition) is 5. The van der Waals surface area contributed by atoms with Gasteiger partial charge in [0, 0.05) is 13.1 Å². The summed E-state index contributed by atoms with van der Waals surface area (Å²) in [4.78, 5) is 27.8. The molecule has 1 N–H and O–H groups in total. The van der Waals surface area contributed by atoms with E-state index in [0.717, 1.165) is 29.0 Å². The molecule has 0 aliphatic rings. The number of amides is 2. The van der Waals surface area contributed by atoms with Gasteiger partial charge in [0.15, 0.2) is 0 Å². The number of nitrogens with one attached hydrogen (secondary N) is 1. The van der Waals surface area contributed by atoms with Crippen LogP contribution >= 0.6 is 23.2 Å². The molecule has 0 unspecified atom stereocenters. The average molecular weight is 559 g/mol. The maximum atomic E-state index is 13.6. The van der Waals surface area contributed by atoms with Gasteiger partial charge in [-0.05, 0) is 55.7 Å². The van der Waals surface area contributed by atoms with Crippen LogP contribution in [0.1, 0.15) is 37.8 Å². The Labute approximate surface area is 223 Å². The molecule has 2 aromatic carbocycles. The molecule has 0 saturated heterocycles. The summed E-state index contributed by atoms with van der Waals surface area (Å²) in [5, 5.41) is 3.50. The normalized spacial score (nSPS) is 12.1. The molecule has 0 aliphatic heterocycles. The lowest BCUT2D eigenvalue weighted by Crippen LogP contribution is -2.51. The molecule has 0 aliphatic carbocycles. The van der Waals surface area contributed by atoms with Crippen molar-refractivity contribution in [2.45, 2.75) is 46.2 Å². The maximum Gasteiger partial charge on any atom is 0.244 e. The van der Waals surface area contributed by atoms with Crippen molar-refractivity contribution in [2.24, 2.45) is 0 Å². The summed E-state index contributed by atoms with van der Waals surface area (Å²) < 4.78 is 31.9. The number of benzene rings is 2. The fourth-order valence-electron chi connectivity index (χ4n) is 3.54.